The number of H-pyrrole nitrogens is 1. The molecular formula is C9H15N3. The van der Waals surface area contributed by atoms with Gasteiger partial charge in [0.15, 0.2) is 5.95 Å². The van der Waals surface area contributed by atoms with Crippen molar-refractivity contribution in [3.05, 3.63) is 11.4 Å². The van der Waals surface area contributed by atoms with Gasteiger partial charge in [0.1, 0.15) is 0 Å². The van der Waals surface area contributed by atoms with E-state index in [2.05, 4.69) is 9.97 Å². The van der Waals surface area contributed by atoms with E-state index in [9.17, 15) is 0 Å². The third-order valence-electron chi connectivity index (χ3n) is 2.47. The van der Waals surface area contributed by atoms with Crippen molar-refractivity contribution in [3.63, 3.8) is 0 Å². The van der Waals surface area contributed by atoms with Crippen LogP contribution in [0.5, 0.6) is 0 Å². The van der Waals surface area contributed by atoms with Gasteiger partial charge in [0, 0.05) is 5.69 Å². The number of imidazole rings is 1. The first kappa shape index (κ1) is 7.65. The second-order valence-corrected chi connectivity index (χ2v) is 3.46. The number of nitrogens with one attached hydrogen (secondary N) is 1. The van der Waals surface area contributed by atoms with E-state index < -0.39 is 0 Å². The number of nitrogen functional groups attached to an aromatic ring is 1. The van der Waals surface area contributed by atoms with Crippen LogP contribution in [0.25, 0.3) is 0 Å². The maximum Gasteiger partial charge on any atom is 0.197 e. The molecule has 66 valence electrons. The average molecular weight is 165 g/mol. The van der Waals surface area contributed by atoms with Crippen LogP contribution in [0, 0.1) is 0 Å². The fourth-order valence-corrected chi connectivity index (χ4v) is 1.83. The molecule has 1 aliphatic carbocycles. The Balaban J connectivity index is 2.23. The Labute approximate surface area is 72.4 Å². The lowest BCUT2D eigenvalue weighted by Gasteiger charge is -2.06. The largest absolute Gasteiger partial charge is 0.369 e. The van der Waals surface area contributed by atoms with Crippen molar-refractivity contribution in [1.29, 1.82) is 0 Å². The SMILES string of the molecule is Nc1nc2c([nH]1)CCCCCC2. The summed E-state index contributed by atoms with van der Waals surface area (Å²) in [5.41, 5.74) is 8.07. The number of hydrogen-bond acceptors (Lipinski definition) is 2. The number of aryl methyl sites for hydroxylation is 2. The first-order valence-electron chi connectivity index (χ1n) is 4.69. The van der Waals surface area contributed by atoms with Gasteiger partial charge in [-0.25, -0.2) is 4.98 Å². The topological polar surface area (TPSA) is 54.7 Å². The summed E-state index contributed by atoms with van der Waals surface area (Å²) in [6.45, 7) is 0. The maximum absolute atomic E-state index is 5.59. The molecule has 0 aliphatic heterocycles. The van der Waals surface area contributed by atoms with Gasteiger partial charge in [-0.3, -0.25) is 0 Å². The molecule has 1 aromatic rings. The fraction of sp³-hybridized carbons (Fsp3) is 0.667. The van der Waals surface area contributed by atoms with E-state index in [1.54, 1.807) is 0 Å². The average Bonchev–Trinajstić information content (AvgIpc) is 2.32. The first-order valence-corrected chi connectivity index (χ1v) is 4.69. The molecule has 0 bridgehead atoms. The lowest BCUT2D eigenvalue weighted by molar-refractivity contribution is 0.608. The molecule has 1 aliphatic rings. The van der Waals surface area contributed by atoms with Gasteiger partial charge < -0.3 is 10.7 Å². The lowest BCUT2D eigenvalue weighted by Crippen LogP contribution is -1.98. The molecule has 3 N–H and O–H groups in total. The summed E-state index contributed by atoms with van der Waals surface area (Å²) in [6.07, 6.45) is 7.44. The van der Waals surface area contributed by atoms with Gasteiger partial charge in [-0.05, 0) is 25.7 Å². The van der Waals surface area contributed by atoms with Crippen molar-refractivity contribution in [2.45, 2.75) is 38.5 Å². The Bertz CT molecular complexity index is 239. The summed E-state index contributed by atoms with van der Waals surface area (Å²) < 4.78 is 0. The number of hydrogen-bond donors (Lipinski definition) is 2. The van der Waals surface area contributed by atoms with E-state index in [1.165, 1.54) is 37.1 Å². The minimum Gasteiger partial charge on any atom is -0.369 e. The highest BCUT2D eigenvalue weighted by Crippen LogP contribution is 2.18. The molecule has 1 heterocycles. The minimum absolute atomic E-state index is 0.585. The zero-order valence-corrected chi connectivity index (χ0v) is 7.27. The van der Waals surface area contributed by atoms with E-state index >= 15 is 0 Å². The summed E-state index contributed by atoms with van der Waals surface area (Å²) in [5, 5.41) is 0. The predicted molar refractivity (Wildman–Crippen MR) is 48.9 cm³/mol. The van der Waals surface area contributed by atoms with Gasteiger partial charge in [0.25, 0.3) is 0 Å². The summed E-state index contributed by atoms with van der Waals surface area (Å²) >= 11 is 0. The minimum atomic E-state index is 0.585. The molecule has 0 atom stereocenters. The normalized spacial score (nSPS) is 18.0. The van der Waals surface area contributed by atoms with Crippen LogP contribution in [-0.4, -0.2) is 9.97 Å². The summed E-state index contributed by atoms with van der Waals surface area (Å²) in [7, 11) is 0. The van der Waals surface area contributed by atoms with Crippen LogP contribution < -0.4 is 5.73 Å². The van der Waals surface area contributed by atoms with Crippen LogP contribution in [0.15, 0.2) is 0 Å². The molecule has 0 spiro atoms. The van der Waals surface area contributed by atoms with Gasteiger partial charge in [-0.15, -0.1) is 0 Å². The van der Waals surface area contributed by atoms with Gasteiger partial charge in [0.2, 0.25) is 0 Å². The van der Waals surface area contributed by atoms with Crippen LogP contribution in [0.1, 0.15) is 37.1 Å². The Kier molecular flexibility index (Phi) is 2.02. The van der Waals surface area contributed by atoms with Gasteiger partial charge >= 0.3 is 0 Å². The molecule has 2 rings (SSSR count). The number of anilines is 1. The molecular weight excluding hydrogens is 150 g/mol. The molecule has 0 fully saturated rings. The number of rotatable bonds is 0. The highest BCUT2D eigenvalue weighted by atomic mass is 15.0. The molecule has 12 heavy (non-hydrogen) atoms. The first-order chi connectivity index (χ1) is 5.86. The second kappa shape index (κ2) is 3.17. The highest BCUT2D eigenvalue weighted by Gasteiger charge is 2.10. The van der Waals surface area contributed by atoms with Crippen LogP contribution in [0.4, 0.5) is 5.95 Å². The number of fused-ring (bicyclic) bond motifs is 1. The Morgan fingerprint density at radius 2 is 1.83 bits per heavy atom. The van der Waals surface area contributed by atoms with Gasteiger partial charge in [-0.1, -0.05) is 12.8 Å². The Morgan fingerprint density at radius 1 is 1.08 bits per heavy atom. The van der Waals surface area contributed by atoms with E-state index in [0.717, 1.165) is 12.8 Å². The van der Waals surface area contributed by atoms with Crippen molar-refractivity contribution in [3.8, 4) is 0 Å². The number of aromatic amines is 1. The van der Waals surface area contributed by atoms with Crippen molar-refractivity contribution < 1.29 is 0 Å². The summed E-state index contributed by atoms with van der Waals surface area (Å²) in [5.74, 6) is 0.585. The zero-order chi connectivity index (χ0) is 8.39. The third kappa shape index (κ3) is 1.44. The van der Waals surface area contributed by atoms with Crippen molar-refractivity contribution in [1.82, 2.24) is 9.97 Å². The monoisotopic (exact) mass is 165 g/mol. The Morgan fingerprint density at radius 3 is 2.67 bits per heavy atom. The second-order valence-electron chi connectivity index (χ2n) is 3.46. The van der Waals surface area contributed by atoms with Crippen LogP contribution in [0.3, 0.4) is 0 Å². The fourth-order valence-electron chi connectivity index (χ4n) is 1.83. The quantitative estimate of drug-likeness (QED) is 0.614. The maximum atomic E-state index is 5.59. The van der Waals surface area contributed by atoms with Crippen LogP contribution >= 0.6 is 0 Å². The Hall–Kier alpha value is -0.990. The molecule has 3 heteroatoms. The van der Waals surface area contributed by atoms with Gasteiger partial charge in [0.05, 0.1) is 5.69 Å². The molecule has 1 aromatic heterocycles. The van der Waals surface area contributed by atoms with E-state index in [0.29, 0.717) is 5.95 Å². The predicted octanol–water partition coefficient (Wildman–Crippen LogP) is 1.65. The molecule has 3 nitrogen and oxygen atoms in total. The number of nitrogens with zero attached hydrogens (tertiary/aromatic N) is 1. The third-order valence-corrected chi connectivity index (χ3v) is 2.47. The smallest absolute Gasteiger partial charge is 0.197 e. The van der Waals surface area contributed by atoms with Crippen LogP contribution in [0.2, 0.25) is 0 Å². The van der Waals surface area contributed by atoms with Gasteiger partial charge in [-0.2, -0.15) is 0 Å². The molecule has 0 saturated heterocycles. The number of nitrogens with two attached hydrogens (primary N) is 1. The highest BCUT2D eigenvalue weighted by molar-refractivity contribution is 5.26. The molecule has 0 radical (unpaired) electrons. The lowest BCUT2D eigenvalue weighted by atomic mass is 10.0. The van der Waals surface area contributed by atoms with E-state index in [1.807, 2.05) is 0 Å². The van der Waals surface area contributed by atoms with Crippen molar-refractivity contribution in [2.24, 2.45) is 0 Å². The number of aromatic nitrogens is 2. The molecule has 0 aromatic carbocycles. The summed E-state index contributed by atoms with van der Waals surface area (Å²) in [6, 6.07) is 0. The summed E-state index contributed by atoms with van der Waals surface area (Å²) in [4.78, 5) is 7.41. The van der Waals surface area contributed by atoms with E-state index in [4.69, 9.17) is 5.73 Å². The molecule has 0 unspecified atom stereocenters. The van der Waals surface area contributed by atoms with Crippen LogP contribution in [-0.2, 0) is 12.8 Å². The molecule has 0 saturated carbocycles. The van der Waals surface area contributed by atoms with Crippen molar-refractivity contribution in [2.75, 3.05) is 5.73 Å². The zero-order valence-electron chi connectivity index (χ0n) is 7.27. The standard InChI is InChI=1S/C9H15N3/c10-9-11-7-5-3-1-2-4-6-8(7)12-9/h1-6H2,(H3,10,11,12). The van der Waals surface area contributed by atoms with E-state index in [-0.39, 0.29) is 0 Å². The molecule has 0 amide bonds. The van der Waals surface area contributed by atoms with Crippen molar-refractivity contribution >= 4 is 5.95 Å².